The lowest BCUT2D eigenvalue weighted by Gasteiger charge is -2.09. The van der Waals surface area contributed by atoms with Gasteiger partial charge in [0.25, 0.3) is 15.7 Å². The van der Waals surface area contributed by atoms with Crippen LogP contribution in [0.1, 0.15) is 0 Å². The normalized spacial score (nSPS) is 11.4. The second-order valence-electron chi connectivity index (χ2n) is 5.79. The van der Waals surface area contributed by atoms with Gasteiger partial charge in [-0.05, 0) is 30.3 Å². The molecule has 8 nitrogen and oxygen atoms in total. The van der Waals surface area contributed by atoms with E-state index in [0.29, 0.717) is 10.7 Å². The SMILES string of the molecule is O=[N+]([O-])c1cccc(S(=O)(=O)Nc2cccc(-c3nc4cccnc4s3)c2)c1. The molecule has 0 unspecified atom stereocenters. The largest absolute Gasteiger partial charge is 0.280 e. The lowest BCUT2D eigenvalue weighted by Crippen LogP contribution is -2.13. The maximum Gasteiger partial charge on any atom is 0.270 e. The predicted molar refractivity (Wildman–Crippen MR) is 107 cm³/mol. The number of thiazole rings is 1. The Morgan fingerprint density at radius 3 is 2.64 bits per heavy atom. The Balaban J connectivity index is 1.66. The summed E-state index contributed by atoms with van der Waals surface area (Å²) in [5, 5.41) is 11.6. The summed E-state index contributed by atoms with van der Waals surface area (Å²) < 4.78 is 27.7. The first-order chi connectivity index (χ1) is 13.4. The number of nitrogens with one attached hydrogen (secondary N) is 1. The second kappa shape index (κ2) is 6.98. The molecule has 0 aliphatic carbocycles. The van der Waals surface area contributed by atoms with Crippen molar-refractivity contribution in [2.75, 3.05) is 4.72 Å². The highest BCUT2D eigenvalue weighted by Crippen LogP contribution is 2.30. The lowest BCUT2D eigenvalue weighted by atomic mass is 10.2. The standard InChI is InChI=1S/C18H12N4O4S2/c23-22(24)14-6-2-7-15(11-14)28(25,26)21-13-5-1-4-12(10-13)17-20-16-8-3-9-19-18(16)27-17/h1-11,21H. The van der Waals surface area contributed by atoms with E-state index in [9.17, 15) is 18.5 Å². The summed E-state index contributed by atoms with van der Waals surface area (Å²) in [7, 11) is -3.98. The zero-order valence-corrected chi connectivity index (χ0v) is 15.8. The molecule has 0 aliphatic heterocycles. The highest BCUT2D eigenvalue weighted by Gasteiger charge is 2.18. The third-order valence-corrected chi connectivity index (χ3v) is 6.27. The summed E-state index contributed by atoms with van der Waals surface area (Å²) in [5.74, 6) is 0. The smallest absolute Gasteiger partial charge is 0.270 e. The fourth-order valence-corrected chi connectivity index (χ4v) is 4.58. The number of sulfonamides is 1. The molecule has 0 aliphatic rings. The number of pyridine rings is 1. The second-order valence-corrected chi connectivity index (χ2v) is 8.45. The van der Waals surface area contributed by atoms with Gasteiger partial charge >= 0.3 is 0 Å². The van der Waals surface area contributed by atoms with Crippen LogP contribution in [0.4, 0.5) is 11.4 Å². The quantitative estimate of drug-likeness (QED) is 0.390. The van der Waals surface area contributed by atoms with E-state index in [1.54, 1.807) is 30.5 Å². The molecule has 4 aromatic rings. The van der Waals surface area contributed by atoms with Crippen molar-refractivity contribution < 1.29 is 13.3 Å². The van der Waals surface area contributed by atoms with Crippen LogP contribution >= 0.6 is 11.3 Å². The minimum Gasteiger partial charge on any atom is -0.280 e. The van der Waals surface area contributed by atoms with Gasteiger partial charge in [-0.3, -0.25) is 14.8 Å². The molecule has 0 fully saturated rings. The molecule has 2 aromatic carbocycles. The van der Waals surface area contributed by atoms with Gasteiger partial charge in [0.05, 0.1) is 9.82 Å². The van der Waals surface area contributed by atoms with Crippen LogP contribution in [0, 0.1) is 10.1 Å². The molecule has 0 saturated carbocycles. The minimum absolute atomic E-state index is 0.184. The van der Waals surface area contributed by atoms with E-state index in [-0.39, 0.29) is 10.6 Å². The van der Waals surface area contributed by atoms with E-state index in [0.717, 1.165) is 22.0 Å². The maximum atomic E-state index is 12.6. The summed E-state index contributed by atoms with van der Waals surface area (Å²) in [6, 6.07) is 15.3. The molecule has 0 spiro atoms. The van der Waals surface area contributed by atoms with Crippen molar-refractivity contribution in [3.63, 3.8) is 0 Å². The molecular formula is C18H12N4O4S2. The predicted octanol–water partition coefficient (Wildman–Crippen LogP) is 4.07. The van der Waals surface area contributed by atoms with Gasteiger partial charge in [-0.2, -0.15) is 0 Å². The van der Waals surface area contributed by atoms with Crippen LogP contribution in [-0.4, -0.2) is 23.3 Å². The van der Waals surface area contributed by atoms with Crippen molar-refractivity contribution in [2.24, 2.45) is 0 Å². The molecule has 0 radical (unpaired) electrons. The fourth-order valence-electron chi connectivity index (χ4n) is 2.59. The van der Waals surface area contributed by atoms with Gasteiger partial charge in [-0.25, -0.2) is 18.4 Å². The van der Waals surface area contributed by atoms with Crippen molar-refractivity contribution in [1.82, 2.24) is 9.97 Å². The number of hydrogen-bond donors (Lipinski definition) is 1. The van der Waals surface area contributed by atoms with Crippen molar-refractivity contribution in [2.45, 2.75) is 4.90 Å². The number of aromatic nitrogens is 2. The number of fused-ring (bicyclic) bond motifs is 1. The van der Waals surface area contributed by atoms with Crippen LogP contribution in [0.15, 0.2) is 71.8 Å². The monoisotopic (exact) mass is 412 g/mol. The van der Waals surface area contributed by atoms with Crippen molar-refractivity contribution in [3.05, 3.63) is 77.0 Å². The summed E-state index contributed by atoms with van der Waals surface area (Å²) in [6.45, 7) is 0. The van der Waals surface area contributed by atoms with E-state index in [1.807, 2.05) is 12.1 Å². The third-order valence-electron chi connectivity index (χ3n) is 3.87. The summed E-state index contributed by atoms with van der Waals surface area (Å²) in [6.07, 6.45) is 1.69. The zero-order chi connectivity index (χ0) is 19.7. The number of non-ortho nitro benzene ring substituents is 1. The molecule has 2 heterocycles. The fraction of sp³-hybridized carbons (Fsp3) is 0. The highest BCUT2D eigenvalue weighted by molar-refractivity contribution is 7.92. The van der Waals surface area contributed by atoms with E-state index < -0.39 is 14.9 Å². The molecule has 140 valence electrons. The van der Waals surface area contributed by atoms with E-state index in [1.165, 1.54) is 29.5 Å². The summed E-state index contributed by atoms with van der Waals surface area (Å²) in [4.78, 5) is 19.6. The molecule has 0 atom stereocenters. The molecule has 4 rings (SSSR count). The average Bonchev–Trinajstić information content (AvgIpc) is 3.12. The molecular weight excluding hydrogens is 400 g/mol. The van der Waals surface area contributed by atoms with Crippen molar-refractivity contribution in [1.29, 1.82) is 0 Å². The highest BCUT2D eigenvalue weighted by atomic mass is 32.2. The first-order valence-corrected chi connectivity index (χ1v) is 10.3. The number of nitrogens with zero attached hydrogens (tertiary/aromatic N) is 3. The van der Waals surface area contributed by atoms with Crippen LogP contribution in [0.3, 0.4) is 0 Å². The molecule has 0 saturated heterocycles. The molecule has 28 heavy (non-hydrogen) atoms. The van der Waals surface area contributed by atoms with Crippen LogP contribution in [0.5, 0.6) is 0 Å². The van der Waals surface area contributed by atoms with Crippen molar-refractivity contribution in [3.8, 4) is 10.6 Å². The number of nitro benzene ring substituents is 1. The van der Waals surface area contributed by atoms with Crippen LogP contribution in [0.2, 0.25) is 0 Å². The third kappa shape index (κ3) is 3.55. The van der Waals surface area contributed by atoms with E-state index in [4.69, 9.17) is 0 Å². The van der Waals surface area contributed by atoms with Gasteiger partial charge in [0.15, 0.2) is 0 Å². The molecule has 1 N–H and O–H groups in total. The number of nitro groups is 1. The molecule has 0 bridgehead atoms. The number of benzene rings is 2. The Labute approximate surface area is 163 Å². The topological polar surface area (TPSA) is 115 Å². The maximum absolute atomic E-state index is 12.6. The molecule has 10 heteroatoms. The van der Waals surface area contributed by atoms with Crippen LogP contribution in [-0.2, 0) is 10.0 Å². The Hall–Kier alpha value is -3.37. The Bertz CT molecular complexity index is 1270. The van der Waals surface area contributed by atoms with Crippen molar-refractivity contribution >= 4 is 43.1 Å². The molecule has 0 amide bonds. The zero-order valence-electron chi connectivity index (χ0n) is 14.1. The van der Waals surface area contributed by atoms with Gasteiger partial charge < -0.3 is 0 Å². The van der Waals surface area contributed by atoms with E-state index >= 15 is 0 Å². The van der Waals surface area contributed by atoms with Gasteiger partial charge in [0.1, 0.15) is 15.4 Å². The van der Waals surface area contributed by atoms with Crippen LogP contribution < -0.4 is 4.72 Å². The first-order valence-electron chi connectivity index (χ1n) is 8.02. The number of anilines is 1. The van der Waals surface area contributed by atoms with Crippen LogP contribution in [0.25, 0.3) is 20.9 Å². The summed E-state index contributed by atoms with van der Waals surface area (Å²) in [5.41, 5.74) is 1.54. The number of rotatable bonds is 5. The summed E-state index contributed by atoms with van der Waals surface area (Å²) >= 11 is 1.40. The first kappa shape index (κ1) is 18.0. The Morgan fingerprint density at radius 1 is 1.04 bits per heavy atom. The van der Waals surface area contributed by atoms with Gasteiger partial charge in [0, 0.05) is 29.6 Å². The van der Waals surface area contributed by atoms with Gasteiger partial charge in [-0.15, -0.1) is 0 Å². The van der Waals surface area contributed by atoms with Gasteiger partial charge in [-0.1, -0.05) is 29.5 Å². The van der Waals surface area contributed by atoms with E-state index in [2.05, 4.69) is 14.7 Å². The average molecular weight is 412 g/mol. The van der Waals surface area contributed by atoms with Gasteiger partial charge in [0.2, 0.25) is 0 Å². The lowest BCUT2D eigenvalue weighted by molar-refractivity contribution is -0.385. The minimum atomic E-state index is -3.98. The number of hydrogen-bond acceptors (Lipinski definition) is 7. The Morgan fingerprint density at radius 2 is 1.86 bits per heavy atom. The Kier molecular flexibility index (Phi) is 4.49. The molecule has 2 aromatic heterocycles.